The molecule has 4 N–H and O–H groups in total. The number of hydrogen-bond acceptors (Lipinski definition) is 5. The lowest BCUT2D eigenvalue weighted by molar-refractivity contribution is -0.127. The van der Waals surface area contributed by atoms with Gasteiger partial charge in [-0.05, 0) is 0 Å². The Balaban J connectivity index is 3.80. The van der Waals surface area contributed by atoms with Gasteiger partial charge in [-0.1, -0.05) is 0 Å². The molecule has 0 spiro atoms. The summed E-state index contributed by atoms with van der Waals surface area (Å²) in [6, 6.07) is 0. The van der Waals surface area contributed by atoms with E-state index < -0.39 is 24.9 Å². The van der Waals surface area contributed by atoms with Crippen molar-refractivity contribution in [2.45, 2.75) is 18.3 Å². The van der Waals surface area contributed by atoms with Crippen molar-refractivity contribution in [1.29, 1.82) is 0 Å². The molecular weight excluding hydrogens is 141 g/mol. The van der Waals surface area contributed by atoms with Crippen LogP contribution < -0.4 is 0 Å². The first-order chi connectivity index (χ1) is 4.63. The summed E-state index contributed by atoms with van der Waals surface area (Å²) in [5.74, 6) is 0. The minimum atomic E-state index is -1.64. The maximum absolute atomic E-state index is 9.76. The lowest BCUT2D eigenvalue weighted by Gasteiger charge is -2.16. The van der Waals surface area contributed by atoms with Gasteiger partial charge in [-0.25, -0.2) is 0 Å². The Hall–Kier alpha value is -0.490. The van der Waals surface area contributed by atoms with E-state index in [9.17, 15) is 4.79 Å². The van der Waals surface area contributed by atoms with Gasteiger partial charge in [0.15, 0.2) is 6.29 Å². The molecule has 0 aliphatic heterocycles. The molecule has 0 unspecified atom stereocenters. The smallest absolute Gasteiger partial charge is 0.151 e. The first kappa shape index (κ1) is 9.51. The van der Waals surface area contributed by atoms with E-state index in [0.29, 0.717) is 0 Å². The summed E-state index contributed by atoms with van der Waals surface area (Å²) in [6.07, 6.45) is -4.63. The Kier molecular flexibility index (Phi) is 4.13. The van der Waals surface area contributed by atoms with Crippen molar-refractivity contribution in [3.05, 3.63) is 0 Å². The van der Waals surface area contributed by atoms with E-state index in [1.807, 2.05) is 0 Å². The second kappa shape index (κ2) is 4.35. The number of carbonyl (C=O) groups excluding carboxylic acids is 1. The molecular formula is C5H10O5. The number of hydrogen-bond donors (Lipinski definition) is 4. The molecule has 0 fully saturated rings. The zero-order valence-corrected chi connectivity index (χ0v) is 5.21. The molecule has 0 aliphatic rings. The fourth-order valence-electron chi connectivity index (χ4n) is 0.416. The Morgan fingerprint density at radius 3 is 2.10 bits per heavy atom. The van der Waals surface area contributed by atoms with Crippen LogP contribution in [0.5, 0.6) is 0 Å². The van der Waals surface area contributed by atoms with E-state index in [1.54, 1.807) is 0 Å². The van der Waals surface area contributed by atoms with Gasteiger partial charge in [0.25, 0.3) is 0 Å². The lowest BCUT2D eigenvalue weighted by Crippen LogP contribution is -2.40. The topological polar surface area (TPSA) is 98.0 Å². The highest BCUT2D eigenvalue weighted by atomic mass is 16.4. The Bertz CT molecular complexity index is 104. The molecule has 10 heavy (non-hydrogen) atoms. The average Bonchev–Trinajstić information content (AvgIpc) is 2.00. The number of carbonyl (C=O) groups is 1. The van der Waals surface area contributed by atoms with Crippen LogP contribution in [0.4, 0.5) is 0 Å². The number of rotatable bonds is 4. The third-order valence-electron chi connectivity index (χ3n) is 1.07. The van der Waals surface area contributed by atoms with Gasteiger partial charge in [0.1, 0.15) is 18.3 Å². The van der Waals surface area contributed by atoms with Gasteiger partial charge in [-0.3, -0.25) is 0 Å². The van der Waals surface area contributed by atoms with E-state index in [0.717, 1.165) is 0 Å². The van der Waals surface area contributed by atoms with E-state index in [4.69, 9.17) is 20.4 Å². The lowest BCUT2D eigenvalue weighted by atomic mass is 10.3. The van der Waals surface area contributed by atoms with Crippen molar-refractivity contribution in [3.8, 4) is 0 Å². The van der Waals surface area contributed by atoms with Crippen molar-refractivity contribution in [3.63, 3.8) is 0 Å². The second-order valence-electron chi connectivity index (χ2n) is 1.87. The van der Waals surface area contributed by atoms with E-state index >= 15 is 0 Å². The van der Waals surface area contributed by atoms with Gasteiger partial charge in [0.2, 0.25) is 0 Å². The zero-order chi connectivity index (χ0) is 8.15. The van der Waals surface area contributed by atoms with Crippen LogP contribution in [0.1, 0.15) is 0 Å². The summed E-state index contributed by atoms with van der Waals surface area (Å²) >= 11 is 0. The summed E-state index contributed by atoms with van der Waals surface area (Å²) in [6.45, 7) is -0.688. The Morgan fingerprint density at radius 2 is 1.80 bits per heavy atom. The average molecular weight is 151 g/mol. The first-order valence-electron chi connectivity index (χ1n) is 2.73. The summed E-state index contributed by atoms with van der Waals surface area (Å²) in [4.78, 5) is 9.76. The standard InChI is InChI=1S/C5H10O5/c6-1-3(8)5(10)4(9)2-7/h1,3-5,7-10H,2H2/t3-,4-,5-/m1/s1/i4+1. The van der Waals surface area contributed by atoms with Crippen molar-refractivity contribution in [2.24, 2.45) is 0 Å². The van der Waals surface area contributed by atoms with Crippen LogP contribution >= 0.6 is 0 Å². The zero-order valence-electron chi connectivity index (χ0n) is 5.21. The number of aliphatic hydroxyl groups excluding tert-OH is 4. The third-order valence-corrected chi connectivity index (χ3v) is 1.07. The fraction of sp³-hybridized carbons (Fsp3) is 0.800. The molecule has 3 atom stereocenters. The fourth-order valence-corrected chi connectivity index (χ4v) is 0.416. The highest BCUT2D eigenvalue weighted by Gasteiger charge is 2.22. The molecule has 5 heteroatoms. The molecule has 0 aliphatic carbocycles. The van der Waals surface area contributed by atoms with Gasteiger partial charge in [0, 0.05) is 0 Å². The van der Waals surface area contributed by atoms with Crippen LogP contribution in [0.25, 0.3) is 0 Å². The van der Waals surface area contributed by atoms with E-state index in [-0.39, 0.29) is 6.29 Å². The largest absolute Gasteiger partial charge is 0.394 e. The molecule has 0 aromatic heterocycles. The van der Waals surface area contributed by atoms with Crippen LogP contribution in [-0.2, 0) is 4.79 Å². The van der Waals surface area contributed by atoms with Crippen molar-refractivity contribution in [1.82, 2.24) is 0 Å². The normalized spacial score (nSPS) is 19.6. The SMILES string of the molecule is O=C[C@@H](O)[C@@H](O)[13C@H](O)CO. The molecule has 0 saturated heterocycles. The molecule has 0 rings (SSSR count). The summed E-state index contributed by atoms with van der Waals surface area (Å²) in [5, 5.41) is 34.1. The Labute approximate surface area is 57.5 Å². The molecule has 5 nitrogen and oxygen atoms in total. The molecule has 0 aromatic rings. The van der Waals surface area contributed by atoms with Gasteiger partial charge in [0.05, 0.1) is 6.61 Å². The summed E-state index contributed by atoms with van der Waals surface area (Å²) < 4.78 is 0. The van der Waals surface area contributed by atoms with Crippen molar-refractivity contribution in [2.75, 3.05) is 6.61 Å². The van der Waals surface area contributed by atoms with Gasteiger partial charge in [-0.2, -0.15) is 0 Å². The Morgan fingerprint density at radius 1 is 1.30 bits per heavy atom. The molecule has 0 amide bonds. The molecule has 0 heterocycles. The predicted octanol–water partition coefficient (Wildman–Crippen LogP) is -2.74. The van der Waals surface area contributed by atoms with Gasteiger partial charge in [-0.15, -0.1) is 0 Å². The highest BCUT2D eigenvalue weighted by Crippen LogP contribution is 1.96. The monoisotopic (exact) mass is 151 g/mol. The predicted molar refractivity (Wildman–Crippen MR) is 31.2 cm³/mol. The van der Waals surface area contributed by atoms with Crippen LogP contribution in [0.3, 0.4) is 0 Å². The molecule has 0 saturated carbocycles. The van der Waals surface area contributed by atoms with Crippen LogP contribution in [-0.4, -0.2) is 51.6 Å². The molecule has 0 aromatic carbocycles. The maximum Gasteiger partial charge on any atom is 0.151 e. The van der Waals surface area contributed by atoms with Crippen molar-refractivity contribution >= 4 is 6.29 Å². The van der Waals surface area contributed by atoms with Crippen LogP contribution in [0.15, 0.2) is 0 Å². The molecule has 60 valence electrons. The van der Waals surface area contributed by atoms with Crippen molar-refractivity contribution < 1.29 is 25.2 Å². The highest BCUT2D eigenvalue weighted by molar-refractivity contribution is 5.56. The summed E-state index contributed by atoms with van der Waals surface area (Å²) in [5.41, 5.74) is 0. The quantitative estimate of drug-likeness (QED) is 0.258. The number of aliphatic hydroxyl groups is 4. The first-order valence-corrected chi connectivity index (χ1v) is 2.73. The van der Waals surface area contributed by atoms with E-state index in [1.165, 1.54) is 0 Å². The van der Waals surface area contributed by atoms with E-state index in [2.05, 4.69) is 0 Å². The molecule has 0 radical (unpaired) electrons. The third kappa shape index (κ3) is 2.40. The number of aldehydes is 1. The van der Waals surface area contributed by atoms with Gasteiger partial charge >= 0.3 is 0 Å². The molecule has 0 bridgehead atoms. The van der Waals surface area contributed by atoms with Gasteiger partial charge < -0.3 is 25.2 Å². The van der Waals surface area contributed by atoms with Crippen LogP contribution in [0.2, 0.25) is 0 Å². The minimum Gasteiger partial charge on any atom is -0.394 e. The second-order valence-corrected chi connectivity index (χ2v) is 1.87. The van der Waals surface area contributed by atoms with Crippen LogP contribution in [0, 0.1) is 0 Å². The maximum atomic E-state index is 9.76. The minimum absolute atomic E-state index is 0.0869. The summed E-state index contributed by atoms with van der Waals surface area (Å²) in [7, 11) is 0.